The van der Waals surface area contributed by atoms with Crippen molar-refractivity contribution >= 4 is 0 Å². The molecule has 1 unspecified atom stereocenters. The highest BCUT2D eigenvalue weighted by atomic mass is 14.6. The van der Waals surface area contributed by atoms with Gasteiger partial charge in [0.1, 0.15) is 0 Å². The van der Waals surface area contributed by atoms with E-state index in [1.807, 2.05) is 31.2 Å². The van der Waals surface area contributed by atoms with Gasteiger partial charge in [-0.2, -0.15) is 5.26 Å². The number of hydrogen-bond acceptors (Lipinski definition) is 2. The molecule has 0 bridgehead atoms. The average molecular weight is 174 g/mol. The van der Waals surface area contributed by atoms with Gasteiger partial charge in [-0.15, -0.1) is 0 Å². The molecule has 0 aromatic heterocycles. The maximum Gasteiger partial charge on any atom is 0.0622 e. The Balaban J connectivity index is 2.62. The number of nitrogens with zero attached hydrogens (tertiary/aromatic N) is 1. The molecule has 2 nitrogen and oxygen atoms in total. The van der Waals surface area contributed by atoms with Crippen molar-refractivity contribution in [2.24, 2.45) is 5.73 Å². The highest BCUT2D eigenvalue weighted by molar-refractivity contribution is 5.23. The maximum absolute atomic E-state index is 8.40. The van der Waals surface area contributed by atoms with E-state index in [1.165, 1.54) is 5.56 Å². The molecule has 1 atom stereocenters. The van der Waals surface area contributed by atoms with Gasteiger partial charge >= 0.3 is 0 Å². The van der Waals surface area contributed by atoms with Crippen molar-refractivity contribution in [3.8, 4) is 6.07 Å². The van der Waals surface area contributed by atoms with Gasteiger partial charge in [0.2, 0.25) is 0 Å². The smallest absolute Gasteiger partial charge is 0.0622 e. The van der Waals surface area contributed by atoms with E-state index in [4.69, 9.17) is 11.0 Å². The van der Waals surface area contributed by atoms with Crippen LogP contribution in [0.3, 0.4) is 0 Å². The summed E-state index contributed by atoms with van der Waals surface area (Å²) in [6, 6.07) is 10.2. The Morgan fingerprint density at radius 1 is 1.38 bits per heavy atom. The monoisotopic (exact) mass is 174 g/mol. The van der Waals surface area contributed by atoms with Gasteiger partial charge in [0, 0.05) is 12.5 Å². The van der Waals surface area contributed by atoms with Crippen LogP contribution in [0.1, 0.15) is 30.0 Å². The molecule has 0 saturated heterocycles. The Morgan fingerprint density at radius 2 is 2.00 bits per heavy atom. The molecular formula is C11H14N2. The zero-order valence-electron chi connectivity index (χ0n) is 7.83. The van der Waals surface area contributed by atoms with Crippen molar-refractivity contribution in [1.29, 1.82) is 5.26 Å². The molecule has 0 saturated carbocycles. The zero-order chi connectivity index (χ0) is 9.68. The minimum Gasteiger partial charge on any atom is -0.324 e. The predicted octanol–water partition coefficient (Wildman–Crippen LogP) is 2.30. The fraction of sp³-hybridized carbons (Fsp3) is 0.364. The second-order valence-corrected chi connectivity index (χ2v) is 3.21. The van der Waals surface area contributed by atoms with Gasteiger partial charge in [0.15, 0.2) is 0 Å². The summed E-state index contributed by atoms with van der Waals surface area (Å²) in [5.74, 6) is 0. The van der Waals surface area contributed by atoms with Crippen LogP contribution in [0.2, 0.25) is 0 Å². The van der Waals surface area contributed by atoms with E-state index >= 15 is 0 Å². The van der Waals surface area contributed by atoms with Gasteiger partial charge in [-0.25, -0.2) is 0 Å². The molecular weight excluding hydrogens is 160 g/mol. The van der Waals surface area contributed by atoms with E-state index in [2.05, 4.69) is 6.07 Å². The number of rotatable bonds is 3. The summed E-state index contributed by atoms with van der Waals surface area (Å²) >= 11 is 0. The van der Waals surface area contributed by atoms with E-state index in [1.54, 1.807) is 0 Å². The molecule has 68 valence electrons. The van der Waals surface area contributed by atoms with Crippen LogP contribution in [0.15, 0.2) is 24.3 Å². The summed E-state index contributed by atoms with van der Waals surface area (Å²) in [6.07, 6.45) is 1.26. The van der Waals surface area contributed by atoms with Crippen molar-refractivity contribution in [1.82, 2.24) is 0 Å². The summed E-state index contributed by atoms with van der Waals surface area (Å²) in [7, 11) is 0. The molecule has 0 heterocycles. The van der Waals surface area contributed by atoms with Crippen molar-refractivity contribution in [3.05, 3.63) is 35.4 Å². The minimum atomic E-state index is 0.000231. The number of nitrogens with two attached hydrogens (primary N) is 1. The average Bonchev–Trinajstić information content (AvgIpc) is 2.15. The maximum atomic E-state index is 8.40. The molecule has 0 aliphatic heterocycles. The first-order valence-electron chi connectivity index (χ1n) is 4.43. The lowest BCUT2D eigenvalue weighted by Gasteiger charge is -2.09. The first kappa shape index (κ1) is 9.76. The van der Waals surface area contributed by atoms with E-state index in [9.17, 15) is 0 Å². The van der Waals surface area contributed by atoms with Crippen LogP contribution in [-0.4, -0.2) is 0 Å². The summed E-state index contributed by atoms with van der Waals surface area (Å²) in [4.78, 5) is 0. The molecule has 0 aliphatic rings. The standard InChI is InChI=1S/C11H14N2/c1-9-4-6-10(7-5-9)11(13)3-2-8-12/h4-7,11H,2-3,13H2,1H3. The topological polar surface area (TPSA) is 49.8 Å². The van der Waals surface area contributed by atoms with E-state index in [-0.39, 0.29) is 6.04 Å². The van der Waals surface area contributed by atoms with Crippen LogP contribution in [0.25, 0.3) is 0 Å². The number of nitriles is 1. The zero-order valence-corrected chi connectivity index (χ0v) is 7.83. The van der Waals surface area contributed by atoms with Crippen LogP contribution in [0.5, 0.6) is 0 Å². The molecule has 0 fully saturated rings. The van der Waals surface area contributed by atoms with Crippen molar-refractivity contribution in [2.45, 2.75) is 25.8 Å². The Bertz CT molecular complexity index is 295. The molecule has 1 aromatic rings. The largest absolute Gasteiger partial charge is 0.324 e. The van der Waals surface area contributed by atoms with Crippen LogP contribution < -0.4 is 5.73 Å². The molecule has 0 radical (unpaired) electrons. The van der Waals surface area contributed by atoms with Crippen LogP contribution >= 0.6 is 0 Å². The van der Waals surface area contributed by atoms with Crippen molar-refractivity contribution in [3.63, 3.8) is 0 Å². The Hall–Kier alpha value is -1.33. The summed E-state index contributed by atoms with van der Waals surface area (Å²) < 4.78 is 0. The SMILES string of the molecule is Cc1ccc(C(N)CCC#N)cc1. The molecule has 1 aromatic carbocycles. The van der Waals surface area contributed by atoms with Crippen LogP contribution in [0.4, 0.5) is 0 Å². The lowest BCUT2D eigenvalue weighted by atomic mass is 10.0. The van der Waals surface area contributed by atoms with Gasteiger partial charge < -0.3 is 5.73 Å². The molecule has 2 N–H and O–H groups in total. The summed E-state index contributed by atoms with van der Waals surface area (Å²) in [5, 5.41) is 8.40. The summed E-state index contributed by atoms with van der Waals surface area (Å²) in [6.45, 7) is 2.05. The third kappa shape index (κ3) is 2.89. The van der Waals surface area contributed by atoms with Crippen LogP contribution in [-0.2, 0) is 0 Å². The molecule has 0 amide bonds. The normalized spacial score (nSPS) is 12.1. The molecule has 0 aliphatic carbocycles. The minimum absolute atomic E-state index is 0.000231. The van der Waals surface area contributed by atoms with Crippen molar-refractivity contribution < 1.29 is 0 Å². The highest BCUT2D eigenvalue weighted by Gasteiger charge is 2.03. The number of aryl methyl sites for hydroxylation is 1. The van der Waals surface area contributed by atoms with Gasteiger partial charge in [-0.1, -0.05) is 29.8 Å². The number of hydrogen-bond donors (Lipinski definition) is 1. The fourth-order valence-electron chi connectivity index (χ4n) is 1.20. The first-order valence-corrected chi connectivity index (χ1v) is 4.43. The Labute approximate surface area is 79.0 Å². The van der Waals surface area contributed by atoms with Gasteiger partial charge in [0.05, 0.1) is 6.07 Å². The lowest BCUT2D eigenvalue weighted by molar-refractivity contribution is 0.665. The van der Waals surface area contributed by atoms with Gasteiger partial charge in [-0.3, -0.25) is 0 Å². The third-order valence-corrected chi connectivity index (χ3v) is 2.07. The van der Waals surface area contributed by atoms with Gasteiger partial charge in [0.25, 0.3) is 0 Å². The first-order chi connectivity index (χ1) is 6.24. The summed E-state index contributed by atoms with van der Waals surface area (Å²) in [5.41, 5.74) is 8.22. The van der Waals surface area contributed by atoms with E-state index in [0.717, 1.165) is 12.0 Å². The second-order valence-electron chi connectivity index (χ2n) is 3.21. The number of benzene rings is 1. The van der Waals surface area contributed by atoms with Gasteiger partial charge in [-0.05, 0) is 18.9 Å². The van der Waals surface area contributed by atoms with Crippen molar-refractivity contribution in [2.75, 3.05) is 0 Å². The Kier molecular flexibility index (Phi) is 3.48. The Morgan fingerprint density at radius 3 is 2.54 bits per heavy atom. The lowest BCUT2D eigenvalue weighted by Crippen LogP contribution is -2.09. The second kappa shape index (κ2) is 4.64. The third-order valence-electron chi connectivity index (χ3n) is 2.07. The van der Waals surface area contributed by atoms with E-state index < -0.39 is 0 Å². The highest BCUT2D eigenvalue weighted by Crippen LogP contribution is 2.15. The van der Waals surface area contributed by atoms with E-state index in [0.29, 0.717) is 6.42 Å². The molecule has 1 rings (SSSR count). The molecule has 13 heavy (non-hydrogen) atoms. The molecule has 2 heteroatoms. The quantitative estimate of drug-likeness (QED) is 0.764. The molecule has 0 spiro atoms. The predicted molar refractivity (Wildman–Crippen MR) is 53.0 cm³/mol. The fourth-order valence-corrected chi connectivity index (χ4v) is 1.20. The van der Waals surface area contributed by atoms with Crippen LogP contribution in [0, 0.1) is 18.3 Å².